The van der Waals surface area contributed by atoms with E-state index in [2.05, 4.69) is 15.3 Å². The fourth-order valence-electron chi connectivity index (χ4n) is 3.15. The van der Waals surface area contributed by atoms with E-state index in [0.717, 1.165) is 11.1 Å². The van der Waals surface area contributed by atoms with E-state index in [1.165, 1.54) is 13.3 Å². The number of carbonyl (C=O) groups excluding carboxylic acids is 2. The van der Waals surface area contributed by atoms with Crippen molar-refractivity contribution in [1.82, 2.24) is 19.7 Å². The van der Waals surface area contributed by atoms with Gasteiger partial charge < -0.3 is 20.2 Å². The third kappa shape index (κ3) is 3.38. The number of methoxy groups -OCH3 is 1. The highest BCUT2D eigenvalue weighted by Crippen LogP contribution is 2.26. The quantitative estimate of drug-likeness (QED) is 0.499. The predicted molar refractivity (Wildman–Crippen MR) is 106 cm³/mol. The van der Waals surface area contributed by atoms with E-state index in [-0.39, 0.29) is 6.01 Å². The molecule has 0 spiro atoms. The SMILES string of the molecule is CCC(NC(=O)c1cnc2ccc(-c3ccc4oc(N)nc4c3)cn12)C(=O)OC. The molecule has 1 atom stereocenters. The predicted octanol–water partition coefficient (Wildman–Crippen LogP) is 2.41. The number of imidazole rings is 1. The van der Waals surface area contributed by atoms with Gasteiger partial charge in [-0.15, -0.1) is 0 Å². The monoisotopic (exact) mass is 393 g/mol. The summed E-state index contributed by atoms with van der Waals surface area (Å²) in [6.07, 6.45) is 3.70. The number of pyridine rings is 1. The Morgan fingerprint density at radius 3 is 2.83 bits per heavy atom. The third-order valence-corrected chi connectivity index (χ3v) is 4.67. The summed E-state index contributed by atoms with van der Waals surface area (Å²) >= 11 is 0. The van der Waals surface area contributed by atoms with Gasteiger partial charge >= 0.3 is 5.97 Å². The van der Waals surface area contributed by atoms with Crippen LogP contribution in [0.2, 0.25) is 0 Å². The first-order valence-electron chi connectivity index (χ1n) is 9.02. The molecule has 0 bridgehead atoms. The normalized spacial score (nSPS) is 12.2. The van der Waals surface area contributed by atoms with E-state index in [1.54, 1.807) is 23.6 Å². The Morgan fingerprint density at radius 2 is 2.07 bits per heavy atom. The van der Waals surface area contributed by atoms with Crippen molar-refractivity contribution in [2.45, 2.75) is 19.4 Å². The van der Waals surface area contributed by atoms with E-state index >= 15 is 0 Å². The van der Waals surface area contributed by atoms with Gasteiger partial charge in [0.15, 0.2) is 5.58 Å². The molecule has 0 radical (unpaired) electrons. The van der Waals surface area contributed by atoms with Gasteiger partial charge in [0.1, 0.15) is 22.9 Å². The Labute approximate surface area is 165 Å². The summed E-state index contributed by atoms with van der Waals surface area (Å²) in [4.78, 5) is 32.9. The fourth-order valence-corrected chi connectivity index (χ4v) is 3.15. The minimum absolute atomic E-state index is 0.109. The summed E-state index contributed by atoms with van der Waals surface area (Å²) in [5.74, 6) is -0.901. The van der Waals surface area contributed by atoms with Gasteiger partial charge in [-0.2, -0.15) is 4.98 Å². The Hall–Kier alpha value is -3.88. The molecular weight excluding hydrogens is 374 g/mol. The molecule has 0 aliphatic rings. The minimum Gasteiger partial charge on any atom is -0.467 e. The van der Waals surface area contributed by atoms with Crippen LogP contribution in [0.3, 0.4) is 0 Å². The second kappa shape index (κ2) is 7.27. The lowest BCUT2D eigenvalue weighted by atomic mass is 10.1. The molecule has 9 heteroatoms. The van der Waals surface area contributed by atoms with E-state index in [9.17, 15) is 9.59 Å². The summed E-state index contributed by atoms with van der Waals surface area (Å²) in [7, 11) is 1.29. The van der Waals surface area contributed by atoms with E-state index in [1.807, 2.05) is 24.3 Å². The maximum Gasteiger partial charge on any atom is 0.328 e. The summed E-state index contributed by atoms with van der Waals surface area (Å²) in [5, 5.41) is 2.69. The molecule has 0 saturated heterocycles. The molecule has 148 valence electrons. The van der Waals surface area contributed by atoms with Crippen LogP contribution in [-0.2, 0) is 9.53 Å². The van der Waals surface area contributed by atoms with Crippen molar-refractivity contribution in [3.05, 3.63) is 48.4 Å². The van der Waals surface area contributed by atoms with Gasteiger partial charge in [-0.1, -0.05) is 13.0 Å². The molecule has 29 heavy (non-hydrogen) atoms. The number of benzene rings is 1. The number of oxazole rings is 1. The van der Waals surface area contributed by atoms with E-state index in [4.69, 9.17) is 14.9 Å². The molecule has 3 heterocycles. The minimum atomic E-state index is -0.721. The number of nitrogens with two attached hydrogens (primary N) is 1. The van der Waals surface area contributed by atoms with Crippen LogP contribution < -0.4 is 11.1 Å². The van der Waals surface area contributed by atoms with Crippen molar-refractivity contribution in [3.63, 3.8) is 0 Å². The number of anilines is 1. The van der Waals surface area contributed by atoms with Gasteiger partial charge in [-0.05, 0) is 41.8 Å². The summed E-state index contributed by atoms with van der Waals surface area (Å²) < 4.78 is 11.7. The number of rotatable bonds is 5. The molecule has 1 aromatic carbocycles. The fraction of sp³-hybridized carbons (Fsp3) is 0.200. The Bertz CT molecular complexity index is 1230. The number of esters is 1. The lowest BCUT2D eigenvalue weighted by Crippen LogP contribution is -2.41. The van der Waals surface area contributed by atoms with Crippen molar-refractivity contribution in [1.29, 1.82) is 0 Å². The second-order valence-corrected chi connectivity index (χ2v) is 6.48. The highest BCUT2D eigenvalue weighted by Gasteiger charge is 2.22. The van der Waals surface area contributed by atoms with Gasteiger partial charge in [0.25, 0.3) is 11.9 Å². The summed E-state index contributed by atoms with van der Waals surface area (Å²) in [6.45, 7) is 1.79. The van der Waals surface area contributed by atoms with Crippen LogP contribution in [0.1, 0.15) is 23.8 Å². The van der Waals surface area contributed by atoms with Crippen LogP contribution >= 0.6 is 0 Å². The average molecular weight is 393 g/mol. The number of ether oxygens (including phenoxy) is 1. The zero-order valence-corrected chi connectivity index (χ0v) is 15.9. The van der Waals surface area contributed by atoms with Gasteiger partial charge in [0.2, 0.25) is 0 Å². The summed E-state index contributed by atoms with van der Waals surface area (Å²) in [5.41, 5.74) is 9.52. The highest BCUT2D eigenvalue weighted by atomic mass is 16.5. The second-order valence-electron chi connectivity index (χ2n) is 6.48. The molecule has 0 fully saturated rings. The van der Waals surface area contributed by atoms with Crippen molar-refractivity contribution < 1.29 is 18.7 Å². The van der Waals surface area contributed by atoms with Gasteiger partial charge in [0.05, 0.1) is 13.3 Å². The van der Waals surface area contributed by atoms with Gasteiger partial charge in [-0.25, -0.2) is 9.78 Å². The number of carbonyl (C=O) groups is 2. The van der Waals surface area contributed by atoms with E-state index < -0.39 is 17.9 Å². The number of nitrogen functional groups attached to an aromatic ring is 1. The van der Waals surface area contributed by atoms with E-state index in [0.29, 0.717) is 28.9 Å². The topological polar surface area (TPSA) is 125 Å². The standard InChI is InChI=1S/C20H19N5O4/c1-3-13(19(27)28-2)23-18(26)15-9-22-17-7-5-12(10-25(15)17)11-4-6-16-14(8-11)24-20(21)29-16/h4-10,13H,3H2,1-2H3,(H2,21,24)(H,23,26). The zero-order valence-electron chi connectivity index (χ0n) is 15.9. The molecule has 3 aromatic heterocycles. The Kier molecular flexibility index (Phi) is 4.63. The molecule has 0 saturated carbocycles. The molecule has 9 nitrogen and oxygen atoms in total. The zero-order chi connectivity index (χ0) is 20.5. The van der Waals surface area contributed by atoms with Gasteiger partial charge in [0, 0.05) is 6.20 Å². The van der Waals surface area contributed by atoms with Crippen molar-refractivity contribution in [2.24, 2.45) is 0 Å². The van der Waals surface area contributed by atoms with Crippen molar-refractivity contribution >= 4 is 34.6 Å². The maximum atomic E-state index is 12.7. The van der Waals surface area contributed by atoms with Crippen molar-refractivity contribution in [3.8, 4) is 11.1 Å². The number of hydrogen-bond acceptors (Lipinski definition) is 7. The van der Waals surface area contributed by atoms with Crippen LogP contribution in [-0.4, -0.2) is 39.4 Å². The Morgan fingerprint density at radius 1 is 1.28 bits per heavy atom. The molecule has 1 amide bonds. The van der Waals surface area contributed by atoms with Crippen LogP contribution in [0, 0.1) is 0 Å². The molecule has 1 unspecified atom stereocenters. The number of amides is 1. The largest absolute Gasteiger partial charge is 0.467 e. The lowest BCUT2D eigenvalue weighted by Gasteiger charge is -2.14. The first-order chi connectivity index (χ1) is 14.0. The smallest absolute Gasteiger partial charge is 0.328 e. The van der Waals surface area contributed by atoms with Crippen LogP contribution in [0.25, 0.3) is 27.9 Å². The van der Waals surface area contributed by atoms with Crippen LogP contribution in [0.5, 0.6) is 0 Å². The molecule has 4 rings (SSSR count). The first kappa shape index (κ1) is 18.5. The lowest BCUT2D eigenvalue weighted by molar-refractivity contribution is -0.142. The highest BCUT2D eigenvalue weighted by molar-refractivity contribution is 5.96. The number of hydrogen-bond donors (Lipinski definition) is 2. The third-order valence-electron chi connectivity index (χ3n) is 4.67. The van der Waals surface area contributed by atoms with Crippen LogP contribution in [0.15, 0.2) is 47.1 Å². The number of nitrogens with one attached hydrogen (secondary N) is 1. The van der Waals surface area contributed by atoms with Crippen molar-refractivity contribution in [2.75, 3.05) is 12.8 Å². The van der Waals surface area contributed by atoms with Crippen LogP contribution in [0.4, 0.5) is 6.01 Å². The molecule has 3 N–H and O–H groups in total. The maximum absolute atomic E-state index is 12.7. The number of fused-ring (bicyclic) bond motifs is 2. The average Bonchev–Trinajstić information content (AvgIpc) is 3.32. The first-order valence-corrected chi connectivity index (χ1v) is 9.02. The summed E-state index contributed by atoms with van der Waals surface area (Å²) in [6, 6.07) is 8.64. The molecule has 0 aliphatic carbocycles. The molecular formula is C20H19N5O4. The number of aromatic nitrogens is 3. The Balaban J connectivity index is 1.70. The van der Waals surface area contributed by atoms with Gasteiger partial charge in [-0.3, -0.25) is 9.20 Å². The number of nitrogens with zero attached hydrogens (tertiary/aromatic N) is 3. The molecule has 0 aliphatic heterocycles. The molecule has 4 aromatic rings.